The van der Waals surface area contributed by atoms with Gasteiger partial charge in [0.25, 0.3) is 5.91 Å². The summed E-state index contributed by atoms with van der Waals surface area (Å²) in [6.45, 7) is 3.81. The number of amides is 1. The van der Waals surface area contributed by atoms with E-state index in [-0.39, 0.29) is 12.5 Å². The molecule has 1 aliphatic heterocycles. The number of fused-ring (bicyclic) bond motifs is 3. The molecule has 1 aromatic heterocycles. The fourth-order valence-corrected chi connectivity index (χ4v) is 4.21. The summed E-state index contributed by atoms with van der Waals surface area (Å²) in [5, 5.41) is 12.2. The number of nitrogens with zero attached hydrogens (tertiary/aromatic N) is 3. The third-order valence-corrected chi connectivity index (χ3v) is 5.67. The number of aromatic nitrogens is 2. The molecular formula is C20H28N4O2. The normalized spacial score (nSPS) is 18.8. The molecule has 140 valence electrons. The van der Waals surface area contributed by atoms with Crippen LogP contribution in [0.3, 0.4) is 0 Å². The Morgan fingerprint density at radius 2 is 2.08 bits per heavy atom. The van der Waals surface area contributed by atoms with E-state index in [9.17, 15) is 4.79 Å². The monoisotopic (exact) mass is 356 g/mol. The second-order valence-corrected chi connectivity index (χ2v) is 7.54. The number of nitrogens with one attached hydrogen (secondary N) is 1. The molecule has 1 aliphatic carbocycles. The SMILES string of the molecule is O=C(NC1CCCCC1)c1ccc2c(c1)nc1n2CCN(CCCO)C1. The van der Waals surface area contributed by atoms with Crippen molar-refractivity contribution in [2.24, 2.45) is 0 Å². The summed E-state index contributed by atoms with van der Waals surface area (Å²) in [6, 6.07) is 6.21. The van der Waals surface area contributed by atoms with Crippen molar-refractivity contribution in [3.63, 3.8) is 0 Å². The van der Waals surface area contributed by atoms with Gasteiger partial charge in [0.2, 0.25) is 0 Å². The van der Waals surface area contributed by atoms with Crippen LogP contribution in [0.1, 0.15) is 54.7 Å². The lowest BCUT2D eigenvalue weighted by molar-refractivity contribution is 0.0928. The Morgan fingerprint density at radius 3 is 2.88 bits per heavy atom. The minimum Gasteiger partial charge on any atom is -0.396 e. The Bertz CT molecular complexity index is 779. The van der Waals surface area contributed by atoms with Crippen molar-refractivity contribution in [2.45, 2.75) is 57.7 Å². The van der Waals surface area contributed by atoms with Gasteiger partial charge in [-0.15, -0.1) is 0 Å². The largest absolute Gasteiger partial charge is 0.396 e. The number of carbonyl (C=O) groups excluding carboxylic acids is 1. The van der Waals surface area contributed by atoms with Gasteiger partial charge in [-0.25, -0.2) is 4.98 Å². The summed E-state index contributed by atoms with van der Waals surface area (Å²) in [7, 11) is 0. The molecule has 0 unspecified atom stereocenters. The van der Waals surface area contributed by atoms with Crippen LogP contribution < -0.4 is 5.32 Å². The van der Waals surface area contributed by atoms with E-state index in [0.29, 0.717) is 11.6 Å². The van der Waals surface area contributed by atoms with E-state index < -0.39 is 0 Å². The van der Waals surface area contributed by atoms with Crippen LogP contribution in [0.25, 0.3) is 11.0 Å². The highest BCUT2D eigenvalue weighted by molar-refractivity contribution is 5.97. The summed E-state index contributed by atoms with van der Waals surface area (Å²) >= 11 is 0. The first-order valence-electron chi connectivity index (χ1n) is 9.88. The molecule has 6 nitrogen and oxygen atoms in total. The molecule has 2 N–H and O–H groups in total. The van der Waals surface area contributed by atoms with Crippen LogP contribution in [0.2, 0.25) is 0 Å². The van der Waals surface area contributed by atoms with Crippen molar-refractivity contribution in [1.82, 2.24) is 19.8 Å². The van der Waals surface area contributed by atoms with Gasteiger partial charge in [0.05, 0.1) is 17.6 Å². The van der Waals surface area contributed by atoms with Crippen LogP contribution in [-0.4, -0.2) is 51.2 Å². The molecule has 0 spiro atoms. The topological polar surface area (TPSA) is 70.4 Å². The number of hydrogen-bond donors (Lipinski definition) is 2. The van der Waals surface area contributed by atoms with E-state index in [2.05, 4.69) is 14.8 Å². The van der Waals surface area contributed by atoms with Crippen LogP contribution in [0.4, 0.5) is 0 Å². The van der Waals surface area contributed by atoms with Crippen molar-refractivity contribution in [2.75, 3.05) is 19.7 Å². The second-order valence-electron chi connectivity index (χ2n) is 7.54. The minimum absolute atomic E-state index is 0.0225. The first-order chi connectivity index (χ1) is 12.7. The summed E-state index contributed by atoms with van der Waals surface area (Å²) in [5.74, 6) is 1.07. The maximum Gasteiger partial charge on any atom is 0.251 e. The van der Waals surface area contributed by atoms with Crippen LogP contribution >= 0.6 is 0 Å². The number of carbonyl (C=O) groups is 1. The number of aliphatic hydroxyl groups excluding tert-OH is 1. The molecular weight excluding hydrogens is 328 g/mol. The molecule has 2 heterocycles. The fourth-order valence-electron chi connectivity index (χ4n) is 4.21. The Hall–Kier alpha value is -1.92. The van der Waals surface area contributed by atoms with Gasteiger partial charge in [0.15, 0.2) is 0 Å². The molecule has 0 radical (unpaired) electrons. The lowest BCUT2D eigenvalue weighted by atomic mass is 9.95. The zero-order valence-corrected chi connectivity index (χ0v) is 15.3. The van der Waals surface area contributed by atoms with Gasteiger partial charge in [-0.05, 0) is 37.5 Å². The Kier molecular flexibility index (Phi) is 5.22. The van der Waals surface area contributed by atoms with Crippen LogP contribution in [0.5, 0.6) is 0 Å². The number of benzene rings is 1. The zero-order valence-electron chi connectivity index (χ0n) is 15.3. The zero-order chi connectivity index (χ0) is 17.9. The van der Waals surface area contributed by atoms with Crippen LogP contribution in [0.15, 0.2) is 18.2 Å². The molecule has 6 heteroatoms. The third-order valence-electron chi connectivity index (χ3n) is 5.67. The maximum absolute atomic E-state index is 12.6. The predicted molar refractivity (Wildman–Crippen MR) is 101 cm³/mol. The molecule has 2 aromatic rings. The first-order valence-corrected chi connectivity index (χ1v) is 9.88. The molecule has 26 heavy (non-hydrogen) atoms. The molecule has 1 aromatic carbocycles. The van der Waals surface area contributed by atoms with Crippen molar-refractivity contribution in [3.8, 4) is 0 Å². The van der Waals surface area contributed by atoms with Crippen LogP contribution in [0, 0.1) is 0 Å². The molecule has 1 saturated carbocycles. The van der Waals surface area contributed by atoms with Crippen LogP contribution in [-0.2, 0) is 13.1 Å². The molecule has 0 saturated heterocycles. The van der Waals surface area contributed by atoms with Crippen molar-refractivity contribution < 1.29 is 9.90 Å². The second kappa shape index (κ2) is 7.76. The first kappa shape index (κ1) is 17.5. The highest BCUT2D eigenvalue weighted by atomic mass is 16.3. The van der Waals surface area contributed by atoms with Gasteiger partial charge in [-0.1, -0.05) is 19.3 Å². The number of aliphatic hydroxyl groups is 1. The van der Waals surface area contributed by atoms with E-state index in [0.717, 1.165) is 62.3 Å². The highest BCUT2D eigenvalue weighted by Gasteiger charge is 2.21. The number of hydrogen-bond acceptors (Lipinski definition) is 4. The smallest absolute Gasteiger partial charge is 0.251 e. The summed E-state index contributed by atoms with van der Waals surface area (Å²) in [5.41, 5.74) is 2.71. The summed E-state index contributed by atoms with van der Waals surface area (Å²) in [4.78, 5) is 19.7. The summed E-state index contributed by atoms with van der Waals surface area (Å²) < 4.78 is 2.26. The standard InChI is InChI=1S/C20H28N4O2/c25-12-4-9-23-10-11-24-18-8-7-15(13-17(18)22-19(24)14-23)20(26)21-16-5-2-1-3-6-16/h7-8,13,16,25H,1-6,9-12,14H2,(H,21,26). The van der Waals surface area contributed by atoms with E-state index >= 15 is 0 Å². The average Bonchev–Trinajstić information content (AvgIpc) is 3.04. The van der Waals surface area contributed by atoms with Gasteiger partial charge < -0.3 is 15.0 Å². The van der Waals surface area contributed by atoms with Crippen molar-refractivity contribution in [3.05, 3.63) is 29.6 Å². The average molecular weight is 356 g/mol. The number of imidazole rings is 1. The maximum atomic E-state index is 12.6. The molecule has 4 rings (SSSR count). The van der Waals surface area contributed by atoms with Gasteiger partial charge in [-0.2, -0.15) is 0 Å². The fraction of sp³-hybridized carbons (Fsp3) is 0.600. The van der Waals surface area contributed by atoms with Gasteiger partial charge in [-0.3, -0.25) is 9.69 Å². The quantitative estimate of drug-likeness (QED) is 0.862. The van der Waals surface area contributed by atoms with E-state index in [4.69, 9.17) is 10.1 Å². The van der Waals surface area contributed by atoms with E-state index in [1.165, 1.54) is 19.3 Å². The Balaban J connectivity index is 1.50. The molecule has 1 amide bonds. The lowest BCUT2D eigenvalue weighted by Crippen LogP contribution is -2.36. The van der Waals surface area contributed by atoms with Crippen molar-refractivity contribution in [1.29, 1.82) is 0 Å². The highest BCUT2D eigenvalue weighted by Crippen LogP contribution is 2.23. The van der Waals surface area contributed by atoms with Gasteiger partial charge in [0, 0.05) is 37.8 Å². The predicted octanol–water partition coefficient (Wildman–Crippen LogP) is 2.30. The molecule has 0 atom stereocenters. The van der Waals surface area contributed by atoms with E-state index in [1.807, 2.05) is 18.2 Å². The molecule has 2 aliphatic rings. The summed E-state index contributed by atoms with van der Waals surface area (Å²) in [6.07, 6.45) is 6.70. The molecule has 1 fully saturated rings. The minimum atomic E-state index is 0.0225. The van der Waals surface area contributed by atoms with Gasteiger partial charge in [0.1, 0.15) is 5.82 Å². The van der Waals surface area contributed by atoms with E-state index in [1.54, 1.807) is 0 Å². The Morgan fingerprint density at radius 1 is 1.23 bits per heavy atom. The Labute approximate surface area is 154 Å². The molecule has 0 bridgehead atoms. The lowest BCUT2D eigenvalue weighted by Gasteiger charge is -2.27. The van der Waals surface area contributed by atoms with Crippen molar-refractivity contribution >= 4 is 16.9 Å². The third kappa shape index (κ3) is 3.62. The number of rotatable bonds is 5. The van der Waals surface area contributed by atoms with Gasteiger partial charge >= 0.3 is 0 Å².